The lowest BCUT2D eigenvalue weighted by atomic mass is 9.89. The summed E-state index contributed by atoms with van der Waals surface area (Å²) in [6.45, 7) is 6.96. The summed E-state index contributed by atoms with van der Waals surface area (Å²) in [6, 6.07) is 7.37. The summed E-state index contributed by atoms with van der Waals surface area (Å²) in [4.78, 5) is 0. The molecule has 0 spiro atoms. The molecular formula is C17H26IN. The van der Waals surface area contributed by atoms with Crippen molar-refractivity contribution in [2.24, 2.45) is 11.8 Å². The van der Waals surface area contributed by atoms with Crippen molar-refractivity contribution in [1.29, 1.82) is 0 Å². The molecule has 2 heteroatoms. The van der Waals surface area contributed by atoms with Crippen molar-refractivity contribution in [2.45, 2.75) is 58.9 Å². The van der Waals surface area contributed by atoms with E-state index in [1.165, 1.54) is 46.9 Å². The zero-order chi connectivity index (χ0) is 13.8. The highest BCUT2D eigenvalue weighted by atomic mass is 127. The van der Waals surface area contributed by atoms with E-state index < -0.39 is 0 Å². The molecular weight excluding hydrogens is 345 g/mol. The van der Waals surface area contributed by atoms with Crippen LogP contribution in [0.25, 0.3) is 0 Å². The van der Waals surface area contributed by atoms with Crippen LogP contribution in [0.2, 0.25) is 0 Å². The van der Waals surface area contributed by atoms with Gasteiger partial charge >= 0.3 is 0 Å². The lowest BCUT2D eigenvalue weighted by Gasteiger charge is -2.21. The van der Waals surface area contributed by atoms with Crippen molar-refractivity contribution in [1.82, 2.24) is 0 Å². The minimum Gasteiger partial charge on any atom is -0.382 e. The van der Waals surface area contributed by atoms with Crippen LogP contribution in [0.5, 0.6) is 0 Å². The van der Waals surface area contributed by atoms with Crippen molar-refractivity contribution in [3.8, 4) is 0 Å². The van der Waals surface area contributed by atoms with Gasteiger partial charge in [-0.3, -0.25) is 0 Å². The molecule has 1 fully saturated rings. The quantitative estimate of drug-likeness (QED) is 0.537. The van der Waals surface area contributed by atoms with Gasteiger partial charge in [-0.25, -0.2) is 0 Å². The van der Waals surface area contributed by atoms with Gasteiger partial charge in [0.15, 0.2) is 0 Å². The van der Waals surface area contributed by atoms with Gasteiger partial charge in [-0.05, 0) is 84.4 Å². The Morgan fingerprint density at radius 1 is 1.16 bits per heavy atom. The van der Waals surface area contributed by atoms with E-state index in [1.807, 2.05) is 0 Å². The maximum Gasteiger partial charge on any atom is 0.0372 e. The largest absolute Gasteiger partial charge is 0.382 e. The van der Waals surface area contributed by atoms with Crippen molar-refractivity contribution in [2.75, 3.05) is 5.32 Å². The van der Waals surface area contributed by atoms with Gasteiger partial charge < -0.3 is 5.32 Å². The van der Waals surface area contributed by atoms with Crippen LogP contribution >= 0.6 is 22.6 Å². The Bertz CT molecular complexity index is 414. The van der Waals surface area contributed by atoms with Gasteiger partial charge in [0.05, 0.1) is 0 Å². The third-order valence-corrected chi connectivity index (χ3v) is 5.18. The fourth-order valence-corrected chi connectivity index (χ4v) is 3.80. The Kier molecular flexibility index (Phi) is 5.55. The van der Waals surface area contributed by atoms with E-state index in [-0.39, 0.29) is 0 Å². The summed E-state index contributed by atoms with van der Waals surface area (Å²) in [5.41, 5.74) is 2.70. The first-order valence-corrected chi connectivity index (χ1v) is 8.67. The second-order valence-electron chi connectivity index (χ2n) is 6.31. The van der Waals surface area contributed by atoms with Gasteiger partial charge in [-0.15, -0.1) is 0 Å². The molecule has 0 saturated heterocycles. The maximum absolute atomic E-state index is 3.77. The number of hydrogen-bond donors (Lipinski definition) is 1. The second-order valence-corrected chi connectivity index (χ2v) is 7.56. The summed E-state index contributed by atoms with van der Waals surface area (Å²) < 4.78 is 1.32. The molecule has 0 aromatic heterocycles. The number of benzene rings is 1. The number of halogens is 1. The molecule has 0 amide bonds. The number of nitrogens with one attached hydrogen (secondary N) is 1. The highest BCUT2D eigenvalue weighted by Gasteiger charge is 2.21. The summed E-state index contributed by atoms with van der Waals surface area (Å²) in [6.07, 6.45) is 6.84. The van der Waals surface area contributed by atoms with E-state index in [0.717, 1.165) is 11.8 Å². The first kappa shape index (κ1) is 15.1. The molecule has 0 radical (unpaired) electrons. The van der Waals surface area contributed by atoms with Gasteiger partial charge in [0.1, 0.15) is 0 Å². The fraction of sp³-hybridized carbons (Fsp3) is 0.647. The molecule has 0 bridgehead atoms. The molecule has 1 aliphatic carbocycles. The molecule has 0 aliphatic heterocycles. The highest BCUT2D eigenvalue weighted by molar-refractivity contribution is 14.1. The van der Waals surface area contributed by atoms with E-state index in [0.29, 0.717) is 6.04 Å². The van der Waals surface area contributed by atoms with Gasteiger partial charge in [0.25, 0.3) is 0 Å². The Labute approximate surface area is 131 Å². The zero-order valence-corrected chi connectivity index (χ0v) is 14.5. The minimum atomic E-state index is 0.669. The second kappa shape index (κ2) is 6.96. The van der Waals surface area contributed by atoms with Gasteiger partial charge in [0, 0.05) is 15.3 Å². The molecule has 1 N–H and O–H groups in total. The zero-order valence-electron chi connectivity index (χ0n) is 12.4. The predicted octanol–water partition coefficient (Wildman–Crippen LogP) is 5.62. The van der Waals surface area contributed by atoms with Crippen molar-refractivity contribution < 1.29 is 0 Å². The topological polar surface area (TPSA) is 12.0 Å². The number of rotatable bonds is 3. The molecule has 1 nitrogen and oxygen atoms in total. The monoisotopic (exact) mass is 371 g/mol. The van der Waals surface area contributed by atoms with Crippen LogP contribution in [0.3, 0.4) is 0 Å². The van der Waals surface area contributed by atoms with Crippen LogP contribution in [0.4, 0.5) is 5.69 Å². The van der Waals surface area contributed by atoms with Crippen LogP contribution in [0.15, 0.2) is 18.2 Å². The average Bonchev–Trinajstić information content (AvgIpc) is 2.58. The standard InChI is InChI=1S/C17H26IN/c1-12(2)14-5-4-6-16(9-7-14)19-17-10-8-15(18)11-13(17)3/h8,10-12,14,16,19H,4-7,9H2,1-3H3. The molecule has 2 rings (SSSR count). The van der Waals surface area contributed by atoms with E-state index in [2.05, 4.69) is 66.9 Å². The van der Waals surface area contributed by atoms with Gasteiger partial charge in [-0.1, -0.05) is 26.7 Å². The molecule has 1 saturated carbocycles. The number of aryl methyl sites for hydroxylation is 1. The molecule has 1 aliphatic rings. The highest BCUT2D eigenvalue weighted by Crippen LogP contribution is 2.30. The van der Waals surface area contributed by atoms with Crippen LogP contribution in [-0.4, -0.2) is 6.04 Å². The van der Waals surface area contributed by atoms with Crippen LogP contribution in [0.1, 0.15) is 51.5 Å². The Hall–Kier alpha value is -0.250. The van der Waals surface area contributed by atoms with Gasteiger partial charge in [-0.2, -0.15) is 0 Å². The van der Waals surface area contributed by atoms with E-state index in [9.17, 15) is 0 Å². The minimum absolute atomic E-state index is 0.669. The first-order valence-electron chi connectivity index (χ1n) is 7.59. The lowest BCUT2D eigenvalue weighted by molar-refractivity contribution is 0.341. The summed E-state index contributed by atoms with van der Waals surface area (Å²) in [5.74, 6) is 1.78. The third-order valence-electron chi connectivity index (χ3n) is 4.50. The van der Waals surface area contributed by atoms with E-state index in [4.69, 9.17) is 0 Å². The van der Waals surface area contributed by atoms with Crippen molar-refractivity contribution >= 4 is 28.3 Å². The fourth-order valence-electron chi connectivity index (χ4n) is 3.15. The Morgan fingerprint density at radius 2 is 1.95 bits per heavy atom. The molecule has 2 unspecified atom stereocenters. The van der Waals surface area contributed by atoms with Crippen molar-refractivity contribution in [3.05, 3.63) is 27.3 Å². The lowest BCUT2D eigenvalue weighted by Crippen LogP contribution is -2.19. The normalized spacial score (nSPS) is 24.3. The van der Waals surface area contributed by atoms with Crippen LogP contribution < -0.4 is 5.32 Å². The SMILES string of the molecule is Cc1cc(I)ccc1NC1CCCC(C(C)C)CC1. The summed E-state index contributed by atoms with van der Waals surface area (Å²) in [7, 11) is 0. The third kappa shape index (κ3) is 4.37. The summed E-state index contributed by atoms with van der Waals surface area (Å²) >= 11 is 2.38. The van der Waals surface area contributed by atoms with Gasteiger partial charge in [0.2, 0.25) is 0 Å². The Balaban J connectivity index is 1.96. The number of anilines is 1. The molecule has 1 aromatic carbocycles. The maximum atomic E-state index is 3.77. The average molecular weight is 371 g/mol. The van der Waals surface area contributed by atoms with E-state index >= 15 is 0 Å². The first-order chi connectivity index (χ1) is 9.06. The van der Waals surface area contributed by atoms with E-state index in [1.54, 1.807) is 0 Å². The van der Waals surface area contributed by atoms with Crippen LogP contribution in [-0.2, 0) is 0 Å². The number of hydrogen-bond acceptors (Lipinski definition) is 1. The molecule has 0 heterocycles. The predicted molar refractivity (Wildman–Crippen MR) is 92.7 cm³/mol. The smallest absolute Gasteiger partial charge is 0.0372 e. The van der Waals surface area contributed by atoms with Crippen molar-refractivity contribution in [3.63, 3.8) is 0 Å². The molecule has 2 atom stereocenters. The molecule has 1 aromatic rings. The van der Waals surface area contributed by atoms with Crippen LogP contribution in [0, 0.1) is 22.3 Å². The molecule has 106 valence electrons. The Morgan fingerprint density at radius 3 is 2.63 bits per heavy atom. The molecule has 19 heavy (non-hydrogen) atoms. The summed E-state index contributed by atoms with van der Waals surface area (Å²) in [5, 5.41) is 3.77.